The smallest absolute Gasteiger partial charge is 0.224 e. The summed E-state index contributed by atoms with van der Waals surface area (Å²) in [5.41, 5.74) is 2.72. The van der Waals surface area contributed by atoms with Crippen LogP contribution >= 0.6 is 0 Å². The standard InChI is InChI=1S/C15H19NO5/c17-7-13(19)9-21-8-12(18)6-10-1-3-14-11(5-10)2-4-15(20)16-14/h1,3,5,13,17,19H,2,4,6-9H2,(H,16,20)/t13-/m0/s1. The Balaban J connectivity index is 1.85. The molecule has 0 unspecified atom stereocenters. The van der Waals surface area contributed by atoms with Crippen molar-refractivity contribution in [2.75, 3.05) is 25.1 Å². The van der Waals surface area contributed by atoms with Gasteiger partial charge in [0.1, 0.15) is 12.7 Å². The van der Waals surface area contributed by atoms with E-state index in [2.05, 4.69) is 5.32 Å². The summed E-state index contributed by atoms with van der Waals surface area (Å²) in [6.45, 7) is -0.534. The highest BCUT2D eigenvalue weighted by molar-refractivity contribution is 5.94. The van der Waals surface area contributed by atoms with Crippen LogP contribution in [0.5, 0.6) is 0 Å². The number of carbonyl (C=O) groups is 2. The average molecular weight is 293 g/mol. The molecule has 1 heterocycles. The van der Waals surface area contributed by atoms with Crippen LogP contribution < -0.4 is 5.32 Å². The van der Waals surface area contributed by atoms with E-state index in [9.17, 15) is 9.59 Å². The van der Waals surface area contributed by atoms with Gasteiger partial charge in [-0.2, -0.15) is 0 Å². The minimum Gasteiger partial charge on any atom is -0.394 e. The molecular formula is C15H19NO5. The van der Waals surface area contributed by atoms with Crippen molar-refractivity contribution in [2.45, 2.75) is 25.4 Å². The lowest BCUT2D eigenvalue weighted by molar-refractivity contribution is -0.124. The molecule has 1 amide bonds. The number of Topliss-reactive ketones (excluding diaryl/α,β-unsaturated/α-hetero) is 1. The molecule has 6 nitrogen and oxygen atoms in total. The lowest BCUT2D eigenvalue weighted by Gasteiger charge is -2.17. The number of ether oxygens (including phenoxy) is 1. The van der Waals surface area contributed by atoms with Gasteiger partial charge in [0.05, 0.1) is 13.2 Å². The fourth-order valence-corrected chi connectivity index (χ4v) is 2.19. The van der Waals surface area contributed by atoms with Crippen LogP contribution in [0.1, 0.15) is 17.5 Å². The maximum atomic E-state index is 11.8. The quantitative estimate of drug-likeness (QED) is 0.660. The van der Waals surface area contributed by atoms with E-state index in [1.165, 1.54) is 0 Å². The molecule has 0 bridgehead atoms. The van der Waals surface area contributed by atoms with Gasteiger partial charge in [-0.1, -0.05) is 12.1 Å². The fraction of sp³-hybridized carbons (Fsp3) is 0.467. The van der Waals surface area contributed by atoms with Crippen molar-refractivity contribution in [1.29, 1.82) is 0 Å². The van der Waals surface area contributed by atoms with Crippen molar-refractivity contribution in [3.05, 3.63) is 29.3 Å². The van der Waals surface area contributed by atoms with E-state index in [-0.39, 0.29) is 37.9 Å². The topological polar surface area (TPSA) is 95.9 Å². The number of fused-ring (bicyclic) bond motifs is 1. The zero-order valence-corrected chi connectivity index (χ0v) is 11.7. The van der Waals surface area contributed by atoms with Gasteiger partial charge in [-0.25, -0.2) is 0 Å². The monoisotopic (exact) mass is 293 g/mol. The van der Waals surface area contributed by atoms with E-state index >= 15 is 0 Å². The molecule has 0 radical (unpaired) electrons. The molecule has 21 heavy (non-hydrogen) atoms. The van der Waals surface area contributed by atoms with Crippen molar-refractivity contribution >= 4 is 17.4 Å². The third-order valence-electron chi connectivity index (χ3n) is 3.25. The number of carbonyl (C=O) groups excluding carboxylic acids is 2. The molecule has 0 aromatic heterocycles. The summed E-state index contributed by atoms with van der Waals surface area (Å²) in [4.78, 5) is 23.0. The molecule has 1 aromatic rings. The average Bonchev–Trinajstić information content (AvgIpc) is 2.47. The minimum absolute atomic E-state index is 0.0159. The molecule has 0 spiro atoms. The Kier molecular flexibility index (Phi) is 5.44. The number of anilines is 1. The second-order valence-electron chi connectivity index (χ2n) is 5.11. The highest BCUT2D eigenvalue weighted by atomic mass is 16.5. The zero-order chi connectivity index (χ0) is 15.2. The number of aliphatic hydroxyl groups excluding tert-OH is 2. The van der Waals surface area contributed by atoms with Crippen LogP contribution in [-0.2, 0) is 27.2 Å². The molecule has 0 saturated carbocycles. The lowest BCUT2D eigenvalue weighted by atomic mass is 9.98. The molecule has 6 heteroatoms. The largest absolute Gasteiger partial charge is 0.394 e. The third-order valence-corrected chi connectivity index (χ3v) is 3.25. The van der Waals surface area contributed by atoms with Gasteiger partial charge in [0.2, 0.25) is 5.91 Å². The van der Waals surface area contributed by atoms with Gasteiger partial charge >= 0.3 is 0 Å². The van der Waals surface area contributed by atoms with E-state index in [0.29, 0.717) is 12.8 Å². The molecular weight excluding hydrogens is 274 g/mol. The summed E-state index contributed by atoms with van der Waals surface area (Å²) in [5.74, 6) is -0.0814. The van der Waals surface area contributed by atoms with Crippen molar-refractivity contribution in [2.24, 2.45) is 0 Å². The van der Waals surface area contributed by atoms with Crippen LogP contribution in [0.2, 0.25) is 0 Å². The first-order chi connectivity index (χ1) is 10.1. The van der Waals surface area contributed by atoms with E-state index < -0.39 is 6.10 Å². The summed E-state index contributed by atoms with van der Waals surface area (Å²) in [6, 6.07) is 5.55. The second kappa shape index (κ2) is 7.31. The molecule has 0 saturated heterocycles. The highest BCUT2D eigenvalue weighted by Gasteiger charge is 2.15. The normalized spacial score (nSPS) is 15.2. The van der Waals surface area contributed by atoms with E-state index in [1.807, 2.05) is 18.2 Å². The molecule has 2 rings (SSSR count). The van der Waals surface area contributed by atoms with Crippen LogP contribution in [0, 0.1) is 0 Å². The van der Waals surface area contributed by atoms with E-state index in [1.54, 1.807) is 0 Å². The van der Waals surface area contributed by atoms with Gasteiger partial charge in [-0.3, -0.25) is 9.59 Å². The van der Waals surface area contributed by atoms with Crippen LogP contribution in [0.3, 0.4) is 0 Å². The third kappa shape index (κ3) is 4.63. The van der Waals surface area contributed by atoms with Gasteiger partial charge in [-0.15, -0.1) is 0 Å². The zero-order valence-electron chi connectivity index (χ0n) is 11.7. The Hall–Kier alpha value is -1.76. The first-order valence-electron chi connectivity index (χ1n) is 6.88. The summed E-state index contributed by atoms with van der Waals surface area (Å²) >= 11 is 0. The van der Waals surface area contributed by atoms with Crippen molar-refractivity contribution in [3.63, 3.8) is 0 Å². The van der Waals surface area contributed by atoms with Crippen LogP contribution in [0.25, 0.3) is 0 Å². The van der Waals surface area contributed by atoms with E-state index in [4.69, 9.17) is 14.9 Å². The lowest BCUT2D eigenvalue weighted by Crippen LogP contribution is -2.22. The number of hydrogen-bond donors (Lipinski definition) is 3. The van der Waals surface area contributed by atoms with Crippen LogP contribution in [-0.4, -0.2) is 47.8 Å². The Morgan fingerprint density at radius 3 is 2.95 bits per heavy atom. The van der Waals surface area contributed by atoms with Gasteiger partial charge in [0.25, 0.3) is 0 Å². The molecule has 0 aliphatic carbocycles. The summed E-state index contributed by atoms with van der Waals surface area (Å²) in [7, 11) is 0. The molecule has 1 aliphatic rings. The molecule has 114 valence electrons. The van der Waals surface area contributed by atoms with Gasteiger partial charge < -0.3 is 20.3 Å². The predicted octanol–water partition coefficient (Wildman–Crippen LogP) is 0.0527. The molecule has 3 N–H and O–H groups in total. The maximum Gasteiger partial charge on any atom is 0.224 e. The molecule has 1 aliphatic heterocycles. The van der Waals surface area contributed by atoms with Crippen molar-refractivity contribution < 1.29 is 24.5 Å². The Morgan fingerprint density at radius 2 is 2.19 bits per heavy atom. The van der Waals surface area contributed by atoms with E-state index in [0.717, 1.165) is 16.8 Å². The van der Waals surface area contributed by atoms with Gasteiger partial charge in [-0.05, 0) is 23.6 Å². The van der Waals surface area contributed by atoms with Gasteiger partial charge in [0.15, 0.2) is 5.78 Å². The number of benzene rings is 1. The number of hydrogen-bond acceptors (Lipinski definition) is 5. The number of rotatable bonds is 7. The Bertz CT molecular complexity index is 529. The first-order valence-corrected chi connectivity index (χ1v) is 6.88. The fourth-order valence-electron chi connectivity index (χ4n) is 2.19. The Labute approximate surface area is 122 Å². The molecule has 1 aromatic carbocycles. The predicted molar refractivity (Wildman–Crippen MR) is 76.0 cm³/mol. The minimum atomic E-state index is -0.954. The highest BCUT2D eigenvalue weighted by Crippen LogP contribution is 2.23. The number of nitrogens with one attached hydrogen (secondary N) is 1. The summed E-state index contributed by atoms with van der Waals surface area (Å²) < 4.78 is 5.03. The first kappa shape index (κ1) is 15.6. The number of aliphatic hydroxyl groups is 2. The van der Waals surface area contributed by atoms with Crippen LogP contribution in [0.4, 0.5) is 5.69 Å². The Morgan fingerprint density at radius 1 is 1.38 bits per heavy atom. The number of ketones is 1. The second-order valence-corrected chi connectivity index (χ2v) is 5.11. The summed E-state index contributed by atoms with van der Waals surface area (Å²) in [6.07, 6.45) is 0.441. The molecule has 1 atom stereocenters. The van der Waals surface area contributed by atoms with Crippen molar-refractivity contribution in [3.8, 4) is 0 Å². The number of aryl methyl sites for hydroxylation is 1. The molecule has 0 fully saturated rings. The van der Waals surface area contributed by atoms with Gasteiger partial charge in [0, 0.05) is 18.5 Å². The van der Waals surface area contributed by atoms with Crippen molar-refractivity contribution in [1.82, 2.24) is 0 Å². The summed E-state index contributed by atoms with van der Waals surface area (Å²) in [5, 5.41) is 20.5. The maximum absolute atomic E-state index is 11.8. The SMILES string of the molecule is O=C(COC[C@@H](O)CO)Cc1ccc2c(c1)CCC(=O)N2. The number of amides is 1. The van der Waals surface area contributed by atoms with Crippen LogP contribution in [0.15, 0.2) is 18.2 Å².